The molecular weight excluding hydrogens is 249 g/mol. The Labute approximate surface area is 103 Å². The molecule has 104 valence electrons. The Bertz CT molecular complexity index is 340. The number of halogens is 3. The molecule has 0 saturated heterocycles. The first kappa shape index (κ1) is 14.9. The Morgan fingerprint density at radius 2 is 2.17 bits per heavy atom. The van der Waals surface area contributed by atoms with Gasteiger partial charge in [0.15, 0.2) is 5.82 Å². The third-order valence-corrected chi connectivity index (χ3v) is 2.08. The van der Waals surface area contributed by atoms with Crippen LogP contribution in [-0.2, 0) is 18.2 Å². The maximum atomic E-state index is 11.7. The quantitative estimate of drug-likeness (QED) is 0.711. The zero-order valence-electron chi connectivity index (χ0n) is 10.2. The van der Waals surface area contributed by atoms with E-state index >= 15 is 0 Å². The first-order valence-corrected chi connectivity index (χ1v) is 5.67. The third kappa shape index (κ3) is 7.23. The van der Waals surface area contributed by atoms with E-state index in [1.54, 1.807) is 18.1 Å². The minimum Gasteiger partial charge on any atom is -0.372 e. The van der Waals surface area contributed by atoms with E-state index in [-0.39, 0.29) is 6.61 Å². The highest BCUT2D eigenvalue weighted by Gasteiger charge is 2.27. The van der Waals surface area contributed by atoms with Crippen molar-refractivity contribution in [2.45, 2.75) is 19.0 Å². The molecule has 0 unspecified atom stereocenters. The van der Waals surface area contributed by atoms with Crippen LogP contribution in [0, 0.1) is 0 Å². The predicted molar refractivity (Wildman–Crippen MR) is 59.1 cm³/mol. The summed E-state index contributed by atoms with van der Waals surface area (Å²) in [6.45, 7) is 0.243. The van der Waals surface area contributed by atoms with Gasteiger partial charge in [0, 0.05) is 26.6 Å². The highest BCUT2D eigenvalue weighted by molar-refractivity contribution is 4.81. The van der Waals surface area contributed by atoms with Crippen LogP contribution in [0.4, 0.5) is 13.2 Å². The van der Waals surface area contributed by atoms with Crippen LogP contribution >= 0.6 is 0 Å². The van der Waals surface area contributed by atoms with E-state index in [9.17, 15) is 13.2 Å². The molecule has 1 aromatic rings. The molecule has 1 aromatic heterocycles. The Hall–Kier alpha value is -1.15. The number of aryl methyl sites for hydroxylation is 1. The summed E-state index contributed by atoms with van der Waals surface area (Å²) in [5, 5.41) is 7.19. The summed E-state index contributed by atoms with van der Waals surface area (Å²) in [5.74, 6) is 0.748. The van der Waals surface area contributed by atoms with Gasteiger partial charge < -0.3 is 10.1 Å². The molecular formula is C10H17F3N4O. The molecule has 8 heteroatoms. The van der Waals surface area contributed by atoms with Crippen LogP contribution in [0.5, 0.6) is 0 Å². The number of ether oxygens (including phenoxy) is 1. The van der Waals surface area contributed by atoms with Crippen molar-refractivity contribution in [2.75, 3.05) is 26.3 Å². The van der Waals surface area contributed by atoms with Gasteiger partial charge >= 0.3 is 6.18 Å². The van der Waals surface area contributed by atoms with Crippen LogP contribution in [0.15, 0.2) is 6.33 Å². The van der Waals surface area contributed by atoms with Crippen molar-refractivity contribution in [3.05, 3.63) is 12.2 Å². The van der Waals surface area contributed by atoms with Crippen molar-refractivity contribution in [3.63, 3.8) is 0 Å². The van der Waals surface area contributed by atoms with Gasteiger partial charge in [0.2, 0.25) is 0 Å². The summed E-state index contributed by atoms with van der Waals surface area (Å²) in [5.41, 5.74) is 0. The van der Waals surface area contributed by atoms with Gasteiger partial charge in [-0.25, -0.2) is 4.98 Å². The zero-order chi connectivity index (χ0) is 13.4. The second-order valence-corrected chi connectivity index (χ2v) is 3.86. The second kappa shape index (κ2) is 7.32. The van der Waals surface area contributed by atoms with Crippen molar-refractivity contribution in [1.29, 1.82) is 0 Å². The van der Waals surface area contributed by atoms with Gasteiger partial charge in [0.1, 0.15) is 12.9 Å². The lowest BCUT2D eigenvalue weighted by atomic mass is 10.4. The Morgan fingerprint density at radius 1 is 1.39 bits per heavy atom. The lowest BCUT2D eigenvalue weighted by molar-refractivity contribution is -0.173. The summed E-state index contributed by atoms with van der Waals surface area (Å²) < 4.78 is 41.3. The molecule has 0 aliphatic carbocycles. The molecule has 0 amide bonds. The lowest BCUT2D eigenvalue weighted by Crippen LogP contribution is -2.22. The summed E-state index contributed by atoms with van der Waals surface area (Å²) in [7, 11) is 1.79. The first-order chi connectivity index (χ1) is 8.47. The van der Waals surface area contributed by atoms with E-state index in [1.165, 1.54) is 0 Å². The minimum atomic E-state index is -4.24. The van der Waals surface area contributed by atoms with Gasteiger partial charge in [-0.2, -0.15) is 18.3 Å². The Kier molecular flexibility index (Phi) is 6.06. The van der Waals surface area contributed by atoms with E-state index in [0.717, 1.165) is 5.82 Å². The molecule has 0 radical (unpaired) electrons. The van der Waals surface area contributed by atoms with E-state index in [1.807, 2.05) is 0 Å². The zero-order valence-corrected chi connectivity index (χ0v) is 10.2. The number of aromatic nitrogens is 3. The average Bonchev–Trinajstić information content (AvgIpc) is 2.67. The van der Waals surface area contributed by atoms with Crippen LogP contribution in [0.25, 0.3) is 0 Å². The molecule has 0 fully saturated rings. The second-order valence-electron chi connectivity index (χ2n) is 3.86. The molecule has 18 heavy (non-hydrogen) atoms. The molecule has 1 heterocycles. The molecule has 0 bridgehead atoms. The molecule has 0 saturated carbocycles. The van der Waals surface area contributed by atoms with Gasteiger partial charge in [-0.1, -0.05) is 0 Å². The van der Waals surface area contributed by atoms with Crippen LogP contribution in [-0.4, -0.2) is 47.2 Å². The molecule has 0 aliphatic rings. The van der Waals surface area contributed by atoms with Crippen molar-refractivity contribution in [2.24, 2.45) is 7.05 Å². The fraction of sp³-hybridized carbons (Fsp3) is 0.800. The van der Waals surface area contributed by atoms with Crippen molar-refractivity contribution < 1.29 is 17.9 Å². The van der Waals surface area contributed by atoms with Crippen LogP contribution in [0.2, 0.25) is 0 Å². The molecule has 0 aromatic carbocycles. The van der Waals surface area contributed by atoms with Crippen LogP contribution < -0.4 is 5.32 Å². The smallest absolute Gasteiger partial charge is 0.372 e. The van der Waals surface area contributed by atoms with Crippen molar-refractivity contribution in [1.82, 2.24) is 20.1 Å². The highest BCUT2D eigenvalue weighted by Crippen LogP contribution is 2.14. The Balaban J connectivity index is 1.90. The summed E-state index contributed by atoms with van der Waals surface area (Å²) in [4.78, 5) is 4.05. The standard InChI is InChI=1S/C10H17F3N4O/c1-17-8-15-9(16-17)3-5-14-4-2-6-18-7-10(11,12)13/h8,14H,2-7H2,1H3. The highest BCUT2D eigenvalue weighted by atomic mass is 19.4. The number of nitrogens with one attached hydrogen (secondary N) is 1. The van der Waals surface area contributed by atoms with Gasteiger partial charge in [0.05, 0.1) is 0 Å². The van der Waals surface area contributed by atoms with Crippen molar-refractivity contribution in [3.8, 4) is 0 Å². The lowest BCUT2D eigenvalue weighted by Gasteiger charge is -2.07. The predicted octanol–water partition coefficient (Wildman–Crippen LogP) is 0.916. The fourth-order valence-corrected chi connectivity index (χ4v) is 1.31. The van der Waals surface area contributed by atoms with Crippen LogP contribution in [0.1, 0.15) is 12.2 Å². The fourth-order valence-electron chi connectivity index (χ4n) is 1.31. The summed E-state index contributed by atoms with van der Waals surface area (Å²) in [6.07, 6.45) is -1.37. The summed E-state index contributed by atoms with van der Waals surface area (Å²) in [6, 6.07) is 0. The van der Waals surface area contributed by atoms with Crippen LogP contribution in [0.3, 0.4) is 0 Å². The number of nitrogens with zero attached hydrogens (tertiary/aromatic N) is 3. The molecule has 1 rings (SSSR count). The van der Waals surface area contributed by atoms with Gasteiger partial charge in [-0.3, -0.25) is 4.68 Å². The molecule has 0 aliphatic heterocycles. The average molecular weight is 266 g/mol. The normalized spacial score (nSPS) is 12.0. The van der Waals surface area contributed by atoms with E-state index < -0.39 is 12.8 Å². The van der Waals surface area contributed by atoms with E-state index in [2.05, 4.69) is 20.1 Å². The number of rotatable bonds is 8. The van der Waals surface area contributed by atoms with E-state index in [4.69, 9.17) is 0 Å². The topological polar surface area (TPSA) is 52.0 Å². The number of hydrogen-bond donors (Lipinski definition) is 1. The van der Waals surface area contributed by atoms with E-state index in [0.29, 0.717) is 25.9 Å². The monoisotopic (exact) mass is 266 g/mol. The molecule has 0 spiro atoms. The molecule has 0 atom stereocenters. The molecule has 5 nitrogen and oxygen atoms in total. The maximum absolute atomic E-state index is 11.7. The number of hydrogen-bond acceptors (Lipinski definition) is 4. The third-order valence-electron chi connectivity index (χ3n) is 2.08. The maximum Gasteiger partial charge on any atom is 0.411 e. The van der Waals surface area contributed by atoms with Gasteiger partial charge in [-0.05, 0) is 13.0 Å². The first-order valence-electron chi connectivity index (χ1n) is 5.67. The Morgan fingerprint density at radius 3 is 2.78 bits per heavy atom. The van der Waals surface area contributed by atoms with Crippen molar-refractivity contribution >= 4 is 0 Å². The SMILES string of the molecule is Cn1cnc(CCNCCCOCC(F)(F)F)n1. The largest absolute Gasteiger partial charge is 0.411 e. The minimum absolute atomic E-state index is 0.106. The van der Waals surface area contributed by atoms with Gasteiger partial charge in [0.25, 0.3) is 0 Å². The van der Waals surface area contributed by atoms with Gasteiger partial charge in [-0.15, -0.1) is 0 Å². The number of alkyl halides is 3. The summed E-state index contributed by atoms with van der Waals surface area (Å²) >= 11 is 0. The molecule has 1 N–H and O–H groups in total.